The molecule has 0 bridgehead atoms. The maximum atomic E-state index is 11.1. The lowest BCUT2D eigenvalue weighted by Crippen LogP contribution is -2.23. The van der Waals surface area contributed by atoms with Gasteiger partial charge in [0.1, 0.15) is 5.69 Å². The Morgan fingerprint density at radius 3 is 2.44 bits per heavy atom. The van der Waals surface area contributed by atoms with E-state index in [2.05, 4.69) is 5.32 Å². The van der Waals surface area contributed by atoms with Crippen LogP contribution in [0.5, 0.6) is 0 Å². The average Bonchev–Trinajstić information content (AvgIpc) is 2.28. The van der Waals surface area contributed by atoms with Crippen molar-refractivity contribution in [2.45, 2.75) is 26.8 Å². The van der Waals surface area contributed by atoms with Crippen molar-refractivity contribution in [1.82, 2.24) is 0 Å². The number of carboxylic acid groups (broad SMARTS) is 1. The van der Waals surface area contributed by atoms with Gasteiger partial charge < -0.3 is 10.4 Å². The van der Waals surface area contributed by atoms with Gasteiger partial charge in [-0.1, -0.05) is 19.9 Å². The molecule has 0 saturated heterocycles. The molecule has 0 aliphatic heterocycles. The number of carbonyl (C=O) groups is 1. The van der Waals surface area contributed by atoms with Gasteiger partial charge in [0, 0.05) is 12.1 Å². The van der Waals surface area contributed by atoms with Crippen molar-refractivity contribution in [3.63, 3.8) is 0 Å². The van der Waals surface area contributed by atoms with Crippen molar-refractivity contribution in [2.75, 3.05) is 5.32 Å². The number of nitro groups is 1. The summed E-state index contributed by atoms with van der Waals surface area (Å²) in [6.07, 6.45) is 0. The van der Waals surface area contributed by atoms with Crippen LogP contribution in [-0.4, -0.2) is 22.0 Å². The number of hydrogen-bond acceptors (Lipinski definition) is 4. The van der Waals surface area contributed by atoms with Gasteiger partial charge >= 0.3 is 5.97 Å². The number of benzene rings is 1. The number of hydrogen-bond donors (Lipinski definition) is 2. The summed E-state index contributed by atoms with van der Waals surface area (Å²) in [5.74, 6) is -0.955. The van der Waals surface area contributed by atoms with Crippen LogP contribution in [0.2, 0.25) is 0 Å². The largest absolute Gasteiger partial charge is 0.478 e. The molecule has 6 heteroatoms. The molecular formula is C12H16N2O4. The molecule has 1 atom stereocenters. The first-order valence-electron chi connectivity index (χ1n) is 5.61. The number of para-hydroxylation sites is 1. The van der Waals surface area contributed by atoms with Crippen LogP contribution < -0.4 is 5.32 Å². The number of anilines is 1. The minimum absolute atomic E-state index is 0.0656. The number of nitro benzene ring substituents is 1. The molecule has 0 saturated carbocycles. The van der Waals surface area contributed by atoms with Crippen molar-refractivity contribution in [3.05, 3.63) is 33.9 Å². The van der Waals surface area contributed by atoms with Crippen LogP contribution in [-0.2, 0) is 0 Å². The van der Waals surface area contributed by atoms with Gasteiger partial charge in [-0.25, -0.2) is 4.79 Å². The van der Waals surface area contributed by atoms with Crippen molar-refractivity contribution >= 4 is 17.3 Å². The molecule has 1 rings (SSSR count). The zero-order valence-corrected chi connectivity index (χ0v) is 10.5. The van der Waals surface area contributed by atoms with Crippen LogP contribution in [0.1, 0.15) is 31.1 Å². The van der Waals surface area contributed by atoms with Crippen molar-refractivity contribution < 1.29 is 14.8 Å². The van der Waals surface area contributed by atoms with Gasteiger partial charge in [0.25, 0.3) is 5.69 Å². The van der Waals surface area contributed by atoms with Gasteiger partial charge in [-0.3, -0.25) is 10.1 Å². The van der Waals surface area contributed by atoms with E-state index in [1.165, 1.54) is 18.2 Å². The highest BCUT2D eigenvalue weighted by molar-refractivity contribution is 5.96. The molecule has 1 aromatic carbocycles. The minimum atomic E-state index is -1.18. The Morgan fingerprint density at radius 2 is 2.00 bits per heavy atom. The molecule has 0 amide bonds. The topological polar surface area (TPSA) is 92.5 Å². The monoisotopic (exact) mass is 252 g/mol. The fourth-order valence-electron chi connectivity index (χ4n) is 1.42. The molecule has 0 radical (unpaired) electrons. The summed E-state index contributed by atoms with van der Waals surface area (Å²) in [5.41, 5.74) is -0.240. The molecule has 0 aromatic heterocycles. The maximum absolute atomic E-state index is 11.1. The van der Waals surface area contributed by atoms with E-state index in [9.17, 15) is 14.9 Å². The molecule has 0 heterocycles. The third kappa shape index (κ3) is 2.97. The third-order valence-corrected chi connectivity index (χ3v) is 2.84. The van der Waals surface area contributed by atoms with Gasteiger partial charge in [0.15, 0.2) is 0 Å². The molecule has 98 valence electrons. The molecule has 0 aliphatic carbocycles. The predicted molar refractivity (Wildman–Crippen MR) is 68.0 cm³/mol. The van der Waals surface area contributed by atoms with Crippen LogP contribution >= 0.6 is 0 Å². The number of carboxylic acids is 1. The standard InChI is InChI=1S/C12H16N2O4/c1-7(2)8(3)13-11-9(12(15)16)5-4-6-10(11)14(17)18/h4-8,13H,1-3H3,(H,15,16). The number of rotatable bonds is 5. The first-order valence-corrected chi connectivity index (χ1v) is 5.61. The summed E-state index contributed by atoms with van der Waals surface area (Å²) in [7, 11) is 0. The molecule has 0 fully saturated rings. The highest BCUT2D eigenvalue weighted by atomic mass is 16.6. The Balaban J connectivity index is 3.27. The molecule has 2 N–H and O–H groups in total. The molecule has 0 spiro atoms. The summed E-state index contributed by atoms with van der Waals surface area (Å²) in [6, 6.07) is 3.95. The van der Waals surface area contributed by atoms with Gasteiger partial charge in [-0.15, -0.1) is 0 Å². The Kier molecular flexibility index (Phi) is 4.25. The van der Waals surface area contributed by atoms with E-state index in [0.29, 0.717) is 0 Å². The van der Waals surface area contributed by atoms with Crippen molar-refractivity contribution in [2.24, 2.45) is 5.92 Å². The van der Waals surface area contributed by atoms with Crippen LogP contribution in [0, 0.1) is 16.0 Å². The smallest absolute Gasteiger partial charge is 0.338 e. The number of nitrogens with zero attached hydrogens (tertiary/aromatic N) is 1. The maximum Gasteiger partial charge on any atom is 0.338 e. The van der Waals surface area contributed by atoms with Crippen LogP contribution in [0.4, 0.5) is 11.4 Å². The Hall–Kier alpha value is -2.11. The fraction of sp³-hybridized carbons (Fsp3) is 0.417. The summed E-state index contributed by atoms with van der Waals surface area (Å²) in [4.78, 5) is 21.4. The second-order valence-corrected chi connectivity index (χ2v) is 4.44. The van der Waals surface area contributed by atoms with Gasteiger partial charge in [0.2, 0.25) is 0 Å². The average molecular weight is 252 g/mol. The van der Waals surface area contributed by atoms with Crippen LogP contribution in [0.3, 0.4) is 0 Å². The van der Waals surface area contributed by atoms with Gasteiger partial charge in [-0.2, -0.15) is 0 Å². The zero-order valence-electron chi connectivity index (χ0n) is 10.5. The summed E-state index contributed by atoms with van der Waals surface area (Å²) < 4.78 is 0. The van der Waals surface area contributed by atoms with E-state index in [-0.39, 0.29) is 28.9 Å². The van der Waals surface area contributed by atoms with E-state index < -0.39 is 10.9 Å². The van der Waals surface area contributed by atoms with E-state index in [1.54, 1.807) is 0 Å². The molecule has 18 heavy (non-hydrogen) atoms. The van der Waals surface area contributed by atoms with Crippen molar-refractivity contribution in [3.8, 4) is 0 Å². The normalized spacial score (nSPS) is 12.2. The summed E-state index contributed by atoms with van der Waals surface area (Å²) in [6.45, 7) is 5.76. The van der Waals surface area contributed by atoms with Crippen LogP contribution in [0.25, 0.3) is 0 Å². The quantitative estimate of drug-likeness (QED) is 0.620. The van der Waals surface area contributed by atoms with E-state index >= 15 is 0 Å². The highest BCUT2D eigenvalue weighted by Gasteiger charge is 2.23. The third-order valence-electron chi connectivity index (χ3n) is 2.84. The predicted octanol–water partition coefficient (Wildman–Crippen LogP) is 2.75. The highest BCUT2D eigenvalue weighted by Crippen LogP contribution is 2.29. The Labute approximate surface area is 105 Å². The second kappa shape index (κ2) is 5.48. The molecule has 1 unspecified atom stereocenters. The first-order chi connectivity index (χ1) is 8.34. The lowest BCUT2D eigenvalue weighted by atomic mass is 10.0. The fourth-order valence-corrected chi connectivity index (χ4v) is 1.42. The van der Waals surface area contributed by atoms with E-state index in [1.807, 2.05) is 20.8 Å². The summed E-state index contributed by atoms with van der Waals surface area (Å²) >= 11 is 0. The minimum Gasteiger partial charge on any atom is -0.478 e. The Bertz CT molecular complexity index is 439. The number of aromatic carboxylic acids is 1. The molecule has 6 nitrogen and oxygen atoms in total. The second-order valence-electron chi connectivity index (χ2n) is 4.44. The number of nitrogens with one attached hydrogen (secondary N) is 1. The van der Waals surface area contributed by atoms with Crippen LogP contribution in [0.15, 0.2) is 18.2 Å². The van der Waals surface area contributed by atoms with E-state index in [4.69, 9.17) is 5.11 Å². The van der Waals surface area contributed by atoms with E-state index in [0.717, 1.165) is 0 Å². The lowest BCUT2D eigenvalue weighted by molar-refractivity contribution is -0.384. The molecule has 0 aliphatic rings. The zero-order chi connectivity index (χ0) is 13.9. The molecular weight excluding hydrogens is 236 g/mol. The first kappa shape index (κ1) is 14.0. The molecule has 1 aromatic rings. The van der Waals surface area contributed by atoms with Gasteiger partial charge in [-0.05, 0) is 18.9 Å². The summed E-state index contributed by atoms with van der Waals surface area (Å²) in [5, 5.41) is 22.9. The van der Waals surface area contributed by atoms with Crippen molar-refractivity contribution in [1.29, 1.82) is 0 Å². The lowest BCUT2D eigenvalue weighted by Gasteiger charge is -2.19. The SMILES string of the molecule is CC(C)C(C)Nc1c(C(=O)O)cccc1[N+](=O)[O-]. The Morgan fingerprint density at radius 1 is 1.39 bits per heavy atom. The van der Waals surface area contributed by atoms with Gasteiger partial charge in [0.05, 0.1) is 10.5 Å².